The average Bonchev–Trinajstić information content (AvgIpc) is 2.47. The Morgan fingerprint density at radius 2 is 1.86 bits per heavy atom. The second-order valence-electron chi connectivity index (χ2n) is 4.18. The van der Waals surface area contributed by atoms with Crippen molar-refractivity contribution < 1.29 is 27.5 Å². The van der Waals surface area contributed by atoms with Gasteiger partial charge >= 0.3 is 12.1 Å². The molecule has 0 saturated carbocycles. The fraction of sp³-hybridized carbons (Fsp3) is 0.0714. The number of hydrogen-bond donors (Lipinski definition) is 1. The summed E-state index contributed by atoms with van der Waals surface area (Å²) in [6.45, 7) is 0. The first-order valence-corrected chi connectivity index (χ1v) is 6.25. The highest BCUT2D eigenvalue weighted by Gasteiger charge is 2.31. The quantitative estimate of drug-likeness (QED) is 0.857. The summed E-state index contributed by atoms with van der Waals surface area (Å²) in [4.78, 5) is 15.4. The summed E-state index contributed by atoms with van der Waals surface area (Å²) in [6, 6.07) is 8.47. The van der Waals surface area contributed by atoms with Crippen molar-refractivity contribution in [1.29, 1.82) is 0 Å². The number of halogens is 4. The highest BCUT2D eigenvalue weighted by Crippen LogP contribution is 2.36. The lowest BCUT2D eigenvalue weighted by Gasteiger charge is -2.11. The molecule has 2 rings (SSSR count). The summed E-state index contributed by atoms with van der Waals surface area (Å²) < 4.78 is 43.0. The van der Waals surface area contributed by atoms with E-state index in [4.69, 9.17) is 22.2 Å². The third kappa shape index (κ3) is 3.69. The fourth-order valence-corrected chi connectivity index (χ4v) is 1.86. The van der Waals surface area contributed by atoms with Crippen molar-refractivity contribution in [2.75, 3.05) is 0 Å². The number of carbonyl (C=O) groups is 1. The van der Waals surface area contributed by atoms with E-state index in [1.54, 1.807) is 0 Å². The van der Waals surface area contributed by atoms with E-state index in [0.717, 1.165) is 18.2 Å². The first kappa shape index (κ1) is 16.1. The van der Waals surface area contributed by atoms with E-state index in [1.807, 2.05) is 0 Å². The Hall–Kier alpha value is -2.25. The lowest BCUT2D eigenvalue weighted by molar-refractivity contribution is -0.137. The molecule has 0 amide bonds. The third-order valence-corrected chi connectivity index (χ3v) is 2.96. The second kappa shape index (κ2) is 6.25. The van der Waals surface area contributed by atoms with Gasteiger partial charge in [0.1, 0.15) is 11.5 Å². The lowest BCUT2D eigenvalue weighted by atomic mass is 10.2. The van der Waals surface area contributed by atoms with Crippen molar-refractivity contribution in [2.24, 2.45) is 5.90 Å². The molecule has 0 aliphatic rings. The molecule has 0 fully saturated rings. The van der Waals surface area contributed by atoms with Crippen LogP contribution >= 0.6 is 11.6 Å². The summed E-state index contributed by atoms with van der Waals surface area (Å²) in [5.74, 6) is 4.22. The molecule has 0 aromatic heterocycles. The minimum Gasteiger partial charge on any atom is -0.456 e. The van der Waals surface area contributed by atoms with E-state index >= 15 is 0 Å². The van der Waals surface area contributed by atoms with E-state index in [0.29, 0.717) is 0 Å². The predicted molar refractivity (Wildman–Crippen MR) is 72.6 cm³/mol. The molecular formula is C14H9ClF3NO3. The Morgan fingerprint density at radius 3 is 2.45 bits per heavy atom. The van der Waals surface area contributed by atoms with Crippen molar-refractivity contribution >= 4 is 17.6 Å². The van der Waals surface area contributed by atoms with Gasteiger partial charge in [-0.15, -0.1) is 0 Å². The molecule has 2 N–H and O–H groups in total. The van der Waals surface area contributed by atoms with E-state index in [1.165, 1.54) is 24.3 Å². The van der Waals surface area contributed by atoms with Gasteiger partial charge in [0.25, 0.3) is 0 Å². The van der Waals surface area contributed by atoms with Crippen LogP contribution in [0.1, 0.15) is 15.9 Å². The normalized spacial score (nSPS) is 11.1. The maximum Gasteiger partial charge on any atom is 0.416 e. The zero-order chi connectivity index (χ0) is 16.3. The Labute approximate surface area is 128 Å². The third-order valence-electron chi connectivity index (χ3n) is 2.66. The SMILES string of the molecule is NOC(=O)c1cccc(Oc2ccc(C(F)(F)F)cc2Cl)c1. The van der Waals surface area contributed by atoms with Gasteiger partial charge in [-0.2, -0.15) is 19.1 Å². The topological polar surface area (TPSA) is 61.5 Å². The van der Waals surface area contributed by atoms with E-state index in [9.17, 15) is 18.0 Å². The van der Waals surface area contributed by atoms with Gasteiger partial charge in [0, 0.05) is 0 Å². The van der Waals surface area contributed by atoms with Gasteiger partial charge in [0.2, 0.25) is 0 Å². The highest BCUT2D eigenvalue weighted by molar-refractivity contribution is 6.32. The molecule has 22 heavy (non-hydrogen) atoms. The van der Waals surface area contributed by atoms with Crippen LogP contribution in [0.2, 0.25) is 5.02 Å². The molecular weight excluding hydrogens is 323 g/mol. The Balaban J connectivity index is 2.26. The summed E-state index contributed by atoms with van der Waals surface area (Å²) in [7, 11) is 0. The maximum absolute atomic E-state index is 12.5. The molecule has 0 radical (unpaired) electrons. The average molecular weight is 332 g/mol. The number of alkyl halides is 3. The van der Waals surface area contributed by atoms with Crippen LogP contribution in [-0.4, -0.2) is 5.97 Å². The zero-order valence-electron chi connectivity index (χ0n) is 10.9. The summed E-state index contributed by atoms with van der Waals surface area (Å²) >= 11 is 5.78. The van der Waals surface area contributed by atoms with Crippen molar-refractivity contribution in [1.82, 2.24) is 0 Å². The van der Waals surface area contributed by atoms with Crippen molar-refractivity contribution in [3.8, 4) is 11.5 Å². The number of benzene rings is 2. The smallest absolute Gasteiger partial charge is 0.416 e. The van der Waals surface area contributed by atoms with Crippen LogP contribution in [-0.2, 0) is 11.0 Å². The lowest BCUT2D eigenvalue weighted by Crippen LogP contribution is -2.09. The van der Waals surface area contributed by atoms with Crippen LogP contribution in [0.3, 0.4) is 0 Å². The van der Waals surface area contributed by atoms with Gasteiger partial charge in [-0.25, -0.2) is 4.79 Å². The number of ether oxygens (including phenoxy) is 1. The van der Waals surface area contributed by atoms with Gasteiger partial charge < -0.3 is 9.57 Å². The van der Waals surface area contributed by atoms with E-state index in [2.05, 4.69) is 4.84 Å². The predicted octanol–water partition coefficient (Wildman–Crippen LogP) is 4.18. The first-order chi connectivity index (χ1) is 10.3. The van der Waals surface area contributed by atoms with Gasteiger partial charge in [-0.05, 0) is 36.4 Å². The first-order valence-electron chi connectivity index (χ1n) is 5.87. The molecule has 116 valence electrons. The van der Waals surface area contributed by atoms with Crippen LogP contribution in [0, 0.1) is 0 Å². The standard InChI is InChI=1S/C14H9ClF3NO3/c15-11-7-9(14(16,17)18)4-5-12(11)21-10-3-1-2-8(6-10)13(20)22-19/h1-7H,19H2. The van der Waals surface area contributed by atoms with Crippen LogP contribution in [0.4, 0.5) is 13.2 Å². The number of hydrogen-bond acceptors (Lipinski definition) is 4. The fourth-order valence-electron chi connectivity index (χ4n) is 1.64. The number of carbonyl (C=O) groups excluding carboxylic acids is 1. The summed E-state index contributed by atoms with van der Waals surface area (Å²) in [5.41, 5.74) is -0.756. The van der Waals surface area contributed by atoms with Crippen LogP contribution in [0.15, 0.2) is 42.5 Å². The maximum atomic E-state index is 12.5. The molecule has 0 unspecified atom stereocenters. The van der Waals surface area contributed by atoms with Gasteiger partial charge in [0.15, 0.2) is 0 Å². The van der Waals surface area contributed by atoms with Gasteiger partial charge in [-0.3, -0.25) is 0 Å². The van der Waals surface area contributed by atoms with Crippen LogP contribution in [0.5, 0.6) is 11.5 Å². The largest absolute Gasteiger partial charge is 0.456 e. The van der Waals surface area contributed by atoms with Crippen molar-refractivity contribution in [3.05, 3.63) is 58.6 Å². The molecule has 0 aliphatic heterocycles. The Morgan fingerprint density at radius 1 is 1.14 bits per heavy atom. The Bertz CT molecular complexity index is 704. The van der Waals surface area contributed by atoms with E-state index < -0.39 is 17.7 Å². The minimum absolute atomic E-state index is 0.0212. The van der Waals surface area contributed by atoms with Crippen LogP contribution in [0.25, 0.3) is 0 Å². The molecule has 0 aliphatic carbocycles. The second-order valence-corrected chi connectivity index (χ2v) is 4.59. The van der Waals surface area contributed by atoms with Crippen molar-refractivity contribution in [3.63, 3.8) is 0 Å². The monoisotopic (exact) mass is 331 g/mol. The van der Waals surface area contributed by atoms with Gasteiger partial charge in [-0.1, -0.05) is 17.7 Å². The number of rotatable bonds is 3. The summed E-state index contributed by atoms with van der Waals surface area (Å²) in [6.07, 6.45) is -4.49. The molecule has 2 aromatic carbocycles. The summed E-state index contributed by atoms with van der Waals surface area (Å²) in [5, 5.41) is -0.207. The minimum atomic E-state index is -4.49. The molecule has 0 atom stereocenters. The Kier molecular flexibility index (Phi) is 4.58. The van der Waals surface area contributed by atoms with Crippen molar-refractivity contribution in [2.45, 2.75) is 6.18 Å². The van der Waals surface area contributed by atoms with Crippen LogP contribution < -0.4 is 10.6 Å². The molecule has 0 heterocycles. The number of nitrogens with two attached hydrogens (primary N) is 1. The molecule has 0 spiro atoms. The molecule has 0 bridgehead atoms. The molecule has 2 aromatic rings. The zero-order valence-corrected chi connectivity index (χ0v) is 11.6. The highest BCUT2D eigenvalue weighted by atomic mass is 35.5. The van der Waals surface area contributed by atoms with E-state index in [-0.39, 0.29) is 22.1 Å². The van der Waals surface area contributed by atoms with Gasteiger partial charge in [0.05, 0.1) is 16.1 Å². The molecule has 0 saturated heterocycles. The molecule has 8 heteroatoms. The molecule has 4 nitrogen and oxygen atoms in total.